The molecule has 1 saturated heterocycles. The molecule has 0 aliphatic carbocycles. The van der Waals surface area contributed by atoms with Crippen molar-refractivity contribution in [3.05, 3.63) is 11.8 Å². The Morgan fingerprint density at radius 3 is 3.00 bits per heavy atom. The van der Waals surface area contributed by atoms with Crippen molar-refractivity contribution in [2.75, 3.05) is 13.1 Å². The number of carbonyl (C=O) groups is 1. The molecule has 2 heterocycles. The lowest BCUT2D eigenvalue weighted by atomic mass is 10.0. The number of carboxylic acids is 1. The van der Waals surface area contributed by atoms with Gasteiger partial charge in [-0.2, -0.15) is 9.40 Å². The number of hydrogen-bond donors (Lipinski definition) is 2. The van der Waals surface area contributed by atoms with Gasteiger partial charge < -0.3 is 5.11 Å². The molecule has 0 saturated carbocycles. The Morgan fingerprint density at radius 1 is 1.63 bits per heavy atom. The summed E-state index contributed by atoms with van der Waals surface area (Å²) in [5.41, 5.74) is -0.307. The molecule has 106 valence electrons. The molecule has 1 aliphatic rings. The van der Waals surface area contributed by atoms with E-state index in [2.05, 4.69) is 17.1 Å². The van der Waals surface area contributed by atoms with Gasteiger partial charge in [0.2, 0.25) is 0 Å². The SMILES string of the molecule is CCCC1CCN(S(=O)(=O)c2[nH]ncc2C(=O)O)C1. The molecule has 2 rings (SSSR count). The second-order valence-corrected chi connectivity index (χ2v) is 6.60. The Balaban J connectivity index is 2.24. The number of nitrogens with zero attached hydrogens (tertiary/aromatic N) is 2. The zero-order valence-corrected chi connectivity index (χ0v) is 11.5. The van der Waals surface area contributed by atoms with Gasteiger partial charge in [-0.3, -0.25) is 5.10 Å². The molecule has 0 spiro atoms. The molecule has 1 aromatic heterocycles. The van der Waals surface area contributed by atoms with Gasteiger partial charge in [0.1, 0.15) is 5.56 Å². The van der Waals surface area contributed by atoms with Crippen LogP contribution in [0.4, 0.5) is 0 Å². The number of carboxylic acid groups (broad SMARTS) is 1. The third kappa shape index (κ3) is 2.64. The topological polar surface area (TPSA) is 103 Å². The van der Waals surface area contributed by atoms with Crippen LogP contribution in [0, 0.1) is 5.92 Å². The summed E-state index contributed by atoms with van der Waals surface area (Å²) < 4.78 is 26.1. The Morgan fingerprint density at radius 2 is 2.37 bits per heavy atom. The number of H-pyrrole nitrogens is 1. The highest BCUT2D eigenvalue weighted by Crippen LogP contribution is 2.27. The summed E-state index contributed by atoms with van der Waals surface area (Å²) in [6.07, 6.45) is 3.85. The highest BCUT2D eigenvalue weighted by molar-refractivity contribution is 7.89. The monoisotopic (exact) mass is 287 g/mol. The van der Waals surface area contributed by atoms with E-state index >= 15 is 0 Å². The average molecular weight is 287 g/mol. The molecular weight excluding hydrogens is 270 g/mol. The highest BCUT2D eigenvalue weighted by atomic mass is 32.2. The molecule has 0 amide bonds. The third-order valence-corrected chi connectivity index (χ3v) is 5.22. The van der Waals surface area contributed by atoms with E-state index in [0.29, 0.717) is 19.0 Å². The van der Waals surface area contributed by atoms with E-state index in [-0.39, 0.29) is 10.6 Å². The summed E-state index contributed by atoms with van der Waals surface area (Å²) in [5.74, 6) is -0.937. The van der Waals surface area contributed by atoms with Crippen molar-refractivity contribution < 1.29 is 18.3 Å². The first-order valence-electron chi connectivity index (χ1n) is 6.23. The summed E-state index contributed by atoms with van der Waals surface area (Å²) in [6, 6.07) is 0. The highest BCUT2D eigenvalue weighted by Gasteiger charge is 2.35. The molecule has 1 atom stereocenters. The van der Waals surface area contributed by atoms with E-state index < -0.39 is 16.0 Å². The molecule has 0 bridgehead atoms. The van der Waals surface area contributed by atoms with Gasteiger partial charge in [0.15, 0.2) is 5.03 Å². The maximum atomic E-state index is 12.4. The van der Waals surface area contributed by atoms with Gasteiger partial charge in [0, 0.05) is 13.1 Å². The predicted octanol–water partition coefficient (Wildman–Crippen LogP) is 0.919. The fourth-order valence-electron chi connectivity index (χ4n) is 2.41. The van der Waals surface area contributed by atoms with Gasteiger partial charge in [0.25, 0.3) is 10.0 Å². The van der Waals surface area contributed by atoms with Crippen LogP contribution in [-0.4, -0.2) is 47.1 Å². The molecular formula is C11H17N3O4S. The van der Waals surface area contributed by atoms with Gasteiger partial charge in [-0.05, 0) is 18.8 Å². The maximum absolute atomic E-state index is 12.4. The lowest BCUT2D eigenvalue weighted by Crippen LogP contribution is -2.30. The minimum atomic E-state index is -3.79. The van der Waals surface area contributed by atoms with Crippen molar-refractivity contribution in [2.24, 2.45) is 5.92 Å². The Kier molecular flexibility index (Phi) is 3.91. The van der Waals surface area contributed by atoms with E-state index in [1.54, 1.807) is 0 Å². The Hall–Kier alpha value is -1.41. The summed E-state index contributed by atoms with van der Waals surface area (Å²) in [5, 5.41) is 14.4. The Bertz CT molecular complexity index is 566. The molecule has 7 nitrogen and oxygen atoms in total. The number of aromatic amines is 1. The normalized spacial score (nSPS) is 20.8. The maximum Gasteiger partial charge on any atom is 0.340 e. The fraction of sp³-hybridized carbons (Fsp3) is 0.636. The molecule has 0 radical (unpaired) electrons. The van der Waals surface area contributed by atoms with Crippen molar-refractivity contribution in [3.63, 3.8) is 0 Å². The number of hydrogen-bond acceptors (Lipinski definition) is 4. The van der Waals surface area contributed by atoms with E-state index in [1.165, 1.54) is 4.31 Å². The summed E-state index contributed by atoms with van der Waals surface area (Å²) in [7, 11) is -3.79. The fourth-order valence-corrected chi connectivity index (χ4v) is 4.01. The first-order chi connectivity index (χ1) is 8.96. The minimum absolute atomic E-state index is 0.307. The lowest BCUT2D eigenvalue weighted by molar-refractivity contribution is 0.0692. The van der Waals surface area contributed by atoms with Crippen LogP contribution in [0.15, 0.2) is 11.2 Å². The van der Waals surface area contributed by atoms with Crippen LogP contribution < -0.4 is 0 Å². The van der Waals surface area contributed by atoms with Crippen LogP contribution in [0.1, 0.15) is 36.5 Å². The van der Waals surface area contributed by atoms with Crippen molar-refractivity contribution in [1.82, 2.24) is 14.5 Å². The molecule has 0 aromatic carbocycles. The van der Waals surface area contributed by atoms with Crippen LogP contribution >= 0.6 is 0 Å². The van der Waals surface area contributed by atoms with Gasteiger partial charge >= 0.3 is 5.97 Å². The van der Waals surface area contributed by atoms with Crippen LogP contribution in [0.5, 0.6) is 0 Å². The van der Waals surface area contributed by atoms with Gasteiger partial charge in [0.05, 0.1) is 6.20 Å². The van der Waals surface area contributed by atoms with Crippen LogP contribution in [0.3, 0.4) is 0 Å². The van der Waals surface area contributed by atoms with E-state index in [1.807, 2.05) is 0 Å². The third-order valence-electron chi connectivity index (χ3n) is 3.38. The van der Waals surface area contributed by atoms with Gasteiger partial charge in [-0.25, -0.2) is 13.2 Å². The quantitative estimate of drug-likeness (QED) is 0.838. The second-order valence-electron chi connectivity index (χ2n) is 4.72. The molecule has 2 N–H and O–H groups in total. The standard InChI is InChI=1S/C11H17N3O4S/c1-2-3-8-4-5-14(7-8)19(17,18)10-9(11(15)16)6-12-13-10/h6,8H,2-5,7H2,1H3,(H,12,13)(H,15,16). The van der Waals surface area contributed by atoms with E-state index in [0.717, 1.165) is 25.5 Å². The average Bonchev–Trinajstić information content (AvgIpc) is 2.97. The van der Waals surface area contributed by atoms with Crippen LogP contribution in [0.2, 0.25) is 0 Å². The Labute approximate surface area is 111 Å². The smallest absolute Gasteiger partial charge is 0.340 e. The van der Waals surface area contributed by atoms with E-state index in [9.17, 15) is 13.2 Å². The van der Waals surface area contributed by atoms with Crippen LogP contribution in [-0.2, 0) is 10.0 Å². The van der Waals surface area contributed by atoms with Gasteiger partial charge in [-0.15, -0.1) is 0 Å². The lowest BCUT2D eigenvalue weighted by Gasteiger charge is -2.15. The number of nitrogens with one attached hydrogen (secondary N) is 1. The number of aromatic carboxylic acids is 1. The van der Waals surface area contributed by atoms with Gasteiger partial charge in [-0.1, -0.05) is 13.3 Å². The second kappa shape index (κ2) is 5.30. The summed E-state index contributed by atoms with van der Waals surface area (Å²) >= 11 is 0. The zero-order chi connectivity index (χ0) is 14.0. The molecule has 1 aromatic rings. The number of sulfonamides is 1. The van der Waals surface area contributed by atoms with Crippen molar-refractivity contribution in [3.8, 4) is 0 Å². The molecule has 1 fully saturated rings. The largest absolute Gasteiger partial charge is 0.478 e. The summed E-state index contributed by atoms with van der Waals surface area (Å²) in [6.45, 7) is 2.95. The summed E-state index contributed by atoms with van der Waals surface area (Å²) in [4.78, 5) is 11.0. The predicted molar refractivity (Wildman–Crippen MR) is 67.3 cm³/mol. The number of rotatable bonds is 5. The first-order valence-corrected chi connectivity index (χ1v) is 7.67. The zero-order valence-electron chi connectivity index (χ0n) is 10.7. The molecule has 1 unspecified atom stereocenters. The first kappa shape index (κ1) is 14.0. The molecule has 19 heavy (non-hydrogen) atoms. The van der Waals surface area contributed by atoms with Crippen LogP contribution in [0.25, 0.3) is 0 Å². The van der Waals surface area contributed by atoms with Crippen molar-refractivity contribution in [1.29, 1.82) is 0 Å². The van der Waals surface area contributed by atoms with Crippen molar-refractivity contribution >= 4 is 16.0 Å². The van der Waals surface area contributed by atoms with Crippen molar-refractivity contribution in [2.45, 2.75) is 31.2 Å². The molecule has 1 aliphatic heterocycles. The minimum Gasteiger partial charge on any atom is -0.478 e. The van der Waals surface area contributed by atoms with E-state index in [4.69, 9.17) is 5.11 Å². The number of aromatic nitrogens is 2. The molecule has 8 heteroatoms.